The van der Waals surface area contributed by atoms with Crippen LogP contribution in [0.2, 0.25) is 0 Å². The first kappa shape index (κ1) is 16.0. The molecule has 0 aromatic rings. The second kappa shape index (κ2) is 10.9. The topological polar surface area (TPSA) is 92.5 Å². The Hall–Kier alpha value is -0.0226. The van der Waals surface area contributed by atoms with Crippen LogP contribution in [0.1, 0.15) is 0 Å². The predicted octanol–water partition coefficient (Wildman–Crippen LogP) is -1.07. The zero-order valence-corrected chi connectivity index (χ0v) is 5.50. The van der Waals surface area contributed by atoms with Crippen molar-refractivity contribution in [2.75, 3.05) is 0 Å². The minimum atomic E-state index is -0.500. The molecule has 0 saturated carbocycles. The van der Waals surface area contributed by atoms with Crippen molar-refractivity contribution in [3.8, 4) is 0 Å². The van der Waals surface area contributed by atoms with Crippen LogP contribution in [0.4, 0.5) is 0 Å². The van der Waals surface area contributed by atoms with Gasteiger partial charge in [0.15, 0.2) is 0 Å². The molecule has 0 spiro atoms. The fourth-order valence-electron chi connectivity index (χ4n) is 0. The Labute approximate surface area is 75.4 Å². The summed E-state index contributed by atoms with van der Waals surface area (Å²) in [5, 5.41) is 14.1. The fraction of sp³-hybridized carbons (Fsp3) is 0. The summed E-state index contributed by atoms with van der Waals surface area (Å²) in [4.78, 5) is 0. The molecule has 0 aliphatic rings. The van der Waals surface area contributed by atoms with Crippen molar-refractivity contribution >= 4 is 53.6 Å². The first-order valence-electron chi connectivity index (χ1n) is 1.43. The number of rotatable bonds is 0. The van der Waals surface area contributed by atoms with Crippen molar-refractivity contribution in [1.29, 1.82) is 0 Å². The molecule has 9 heavy (non-hydrogen) atoms. The van der Waals surface area contributed by atoms with Gasteiger partial charge in [-0.2, -0.15) is 0 Å². The maximum absolute atomic E-state index is 7.56. The summed E-state index contributed by atoms with van der Waals surface area (Å²) in [5.74, 6) is 0. The molecule has 4 nitrogen and oxygen atoms in total. The summed E-state index contributed by atoms with van der Waals surface area (Å²) in [6.07, 6.45) is 0. The molecule has 0 amide bonds. The Morgan fingerprint density at radius 2 is 1.00 bits per heavy atom. The molecule has 0 fully saturated rings. The number of aliphatic hydroxyl groups excluding tert-OH is 2. The molecule has 0 heterocycles. The first-order valence-corrected chi connectivity index (χ1v) is 2.25. The molecule has 0 bridgehead atoms. The average Bonchev–Trinajstić information content (AvgIpc) is 1.25. The van der Waals surface area contributed by atoms with Crippen LogP contribution >= 0.6 is 24.4 Å². The van der Waals surface area contributed by atoms with Gasteiger partial charge in [0, 0.05) is 0 Å². The van der Waals surface area contributed by atoms with E-state index in [9.17, 15) is 0 Å². The molecule has 6 N–H and O–H groups in total. The van der Waals surface area contributed by atoms with Crippen LogP contribution in [-0.2, 0) is 0 Å². The summed E-state index contributed by atoms with van der Waals surface area (Å²) >= 11 is 7.74. The quantitative estimate of drug-likeness (QED) is 0.268. The normalized spacial score (nSPS) is 5.33. The van der Waals surface area contributed by atoms with Crippen LogP contribution in [0, 0.1) is 0 Å². The van der Waals surface area contributed by atoms with E-state index in [1.54, 1.807) is 0 Å². The van der Waals surface area contributed by atoms with Crippen molar-refractivity contribution in [1.82, 2.24) is 0 Å². The van der Waals surface area contributed by atoms with E-state index in [1.165, 1.54) is 0 Å². The zero-order valence-electron chi connectivity index (χ0n) is 3.87. The van der Waals surface area contributed by atoms with Gasteiger partial charge in [-0.25, -0.2) is 0 Å². The number of hydrogen-bond acceptors (Lipinski definition) is 2. The van der Waals surface area contributed by atoms with E-state index in [0.29, 0.717) is 0 Å². The van der Waals surface area contributed by atoms with E-state index in [4.69, 9.17) is 10.2 Å². The minimum absolute atomic E-state index is 0. The van der Waals surface area contributed by atoms with Gasteiger partial charge in [-0.3, -0.25) is 0 Å². The molecular formula is C2H7LiN2O2S2. The molecule has 0 saturated heterocycles. The van der Waals surface area contributed by atoms with Gasteiger partial charge in [0.2, 0.25) is 0 Å². The second-order valence-electron chi connectivity index (χ2n) is 0.676. The first-order chi connectivity index (χ1) is 3.46. The third-order valence-electron chi connectivity index (χ3n) is 0. The molecule has 0 atom stereocenters. The molecular weight excluding hydrogens is 155 g/mol. The molecule has 0 aliphatic carbocycles. The van der Waals surface area contributed by atoms with Crippen LogP contribution in [0.15, 0.2) is 0 Å². The van der Waals surface area contributed by atoms with Crippen LogP contribution in [-0.4, -0.2) is 39.4 Å². The van der Waals surface area contributed by atoms with E-state index in [1.807, 2.05) is 0 Å². The molecule has 50 valence electrons. The second-order valence-corrected chi connectivity index (χ2v) is 1.51. The van der Waals surface area contributed by atoms with Gasteiger partial charge in [0.25, 0.3) is 10.3 Å². The van der Waals surface area contributed by atoms with Gasteiger partial charge in [0.05, 0.1) is 0 Å². The van der Waals surface area contributed by atoms with E-state index in [2.05, 4.69) is 35.9 Å². The molecule has 7 heteroatoms. The van der Waals surface area contributed by atoms with Gasteiger partial charge in [-0.05, 0) is 24.4 Å². The van der Waals surface area contributed by atoms with Crippen molar-refractivity contribution in [2.24, 2.45) is 11.5 Å². The number of hydrogen-bond donors (Lipinski definition) is 4. The van der Waals surface area contributed by atoms with Gasteiger partial charge < -0.3 is 21.7 Å². The molecule has 0 rings (SSSR count). The van der Waals surface area contributed by atoms with Crippen LogP contribution < -0.4 is 11.5 Å². The van der Waals surface area contributed by atoms with Crippen LogP contribution in [0.5, 0.6) is 0 Å². The predicted molar refractivity (Wildman–Crippen MR) is 46.0 cm³/mol. The fourth-order valence-corrected chi connectivity index (χ4v) is 0. The Kier molecular flexibility index (Phi) is 19.3. The van der Waals surface area contributed by atoms with Crippen molar-refractivity contribution in [3.05, 3.63) is 0 Å². The summed E-state index contributed by atoms with van der Waals surface area (Å²) in [7, 11) is 0. The van der Waals surface area contributed by atoms with E-state index >= 15 is 0 Å². The Balaban J connectivity index is -0.0000000720. The standard InChI is InChI=1S/2CH3NOS.Li.H/c2*2-1(3)4;;/h2*(H3,2,3,4);;. The van der Waals surface area contributed by atoms with Gasteiger partial charge >= 0.3 is 18.9 Å². The zero-order chi connectivity index (χ0) is 7.15. The molecule has 0 aliphatic heterocycles. The molecule has 0 unspecified atom stereocenters. The van der Waals surface area contributed by atoms with E-state index in [-0.39, 0.29) is 18.9 Å². The molecule has 0 aromatic carbocycles. The maximum atomic E-state index is 7.56. The Morgan fingerprint density at radius 1 is 1.00 bits per heavy atom. The molecule has 0 radical (unpaired) electrons. The van der Waals surface area contributed by atoms with Crippen molar-refractivity contribution in [3.63, 3.8) is 0 Å². The number of nitrogens with two attached hydrogens (primary N) is 2. The van der Waals surface area contributed by atoms with Gasteiger partial charge in [0.1, 0.15) is 0 Å². The van der Waals surface area contributed by atoms with Crippen molar-refractivity contribution < 1.29 is 10.2 Å². The van der Waals surface area contributed by atoms with Gasteiger partial charge in [-0.15, -0.1) is 0 Å². The summed E-state index contributed by atoms with van der Waals surface area (Å²) in [5.41, 5.74) is 8.80. The summed E-state index contributed by atoms with van der Waals surface area (Å²) in [6, 6.07) is 0. The van der Waals surface area contributed by atoms with Crippen molar-refractivity contribution in [2.45, 2.75) is 0 Å². The average molecular weight is 162 g/mol. The van der Waals surface area contributed by atoms with Crippen LogP contribution in [0.3, 0.4) is 0 Å². The SMILES string of the molecule is NC(O)=S.NC(O)=S.[LiH]. The van der Waals surface area contributed by atoms with E-state index < -0.39 is 10.3 Å². The third-order valence-corrected chi connectivity index (χ3v) is 0. The summed E-state index contributed by atoms with van der Waals surface area (Å²) < 4.78 is 0. The third kappa shape index (κ3) is 558000. The van der Waals surface area contributed by atoms with Gasteiger partial charge in [-0.1, -0.05) is 0 Å². The Morgan fingerprint density at radius 3 is 1.00 bits per heavy atom. The molecule has 0 aromatic heterocycles. The number of thiocarbonyl (C=S) groups is 2. The monoisotopic (exact) mass is 162 g/mol. The number of aliphatic hydroxyl groups is 2. The van der Waals surface area contributed by atoms with E-state index in [0.717, 1.165) is 0 Å². The summed E-state index contributed by atoms with van der Waals surface area (Å²) in [6.45, 7) is 0. The van der Waals surface area contributed by atoms with Crippen LogP contribution in [0.25, 0.3) is 0 Å². The Bertz CT molecular complexity index is 78.6.